The van der Waals surface area contributed by atoms with E-state index in [0.29, 0.717) is 23.6 Å². The zero-order valence-corrected chi connectivity index (χ0v) is 12.8. The van der Waals surface area contributed by atoms with Crippen LogP contribution in [0.25, 0.3) is 0 Å². The van der Waals surface area contributed by atoms with Crippen LogP contribution in [0.15, 0.2) is 47.6 Å². The number of phenolic OH excluding ortho intramolecular Hbond substituents is 1. The normalized spacial score (nSPS) is 11.2. The molecule has 0 aromatic heterocycles. The molecule has 0 radical (unpaired) electrons. The Balaban J connectivity index is 2.09. The number of halogens is 1. The summed E-state index contributed by atoms with van der Waals surface area (Å²) in [6.45, 7) is 3.99. The van der Waals surface area contributed by atoms with E-state index in [9.17, 15) is 14.3 Å². The number of hydrogen-bond acceptors (Lipinski definition) is 4. The highest BCUT2D eigenvalue weighted by Gasteiger charge is 2.08. The summed E-state index contributed by atoms with van der Waals surface area (Å²) < 4.78 is 18.5. The highest BCUT2D eigenvalue weighted by molar-refractivity contribution is 6.02. The molecule has 0 aliphatic rings. The van der Waals surface area contributed by atoms with Crippen LogP contribution in [-0.2, 0) is 0 Å². The average molecular weight is 316 g/mol. The maximum Gasteiger partial charge on any atom is 0.271 e. The van der Waals surface area contributed by atoms with Gasteiger partial charge in [-0.25, -0.2) is 9.82 Å². The minimum Gasteiger partial charge on any atom is -0.507 e. The monoisotopic (exact) mass is 316 g/mol. The van der Waals surface area contributed by atoms with Crippen LogP contribution in [0.2, 0.25) is 0 Å². The molecule has 2 aromatic carbocycles. The first-order chi connectivity index (χ1) is 11.0. The smallest absolute Gasteiger partial charge is 0.271 e. The molecule has 0 fully saturated rings. The summed E-state index contributed by atoms with van der Waals surface area (Å²) in [7, 11) is 0. The van der Waals surface area contributed by atoms with Crippen molar-refractivity contribution < 1.29 is 19.0 Å². The lowest BCUT2D eigenvalue weighted by molar-refractivity contribution is 0.0955. The van der Waals surface area contributed by atoms with Crippen molar-refractivity contribution in [3.05, 3.63) is 59.4 Å². The van der Waals surface area contributed by atoms with Gasteiger partial charge in [-0.05, 0) is 56.3 Å². The molecule has 0 atom stereocenters. The topological polar surface area (TPSA) is 70.9 Å². The van der Waals surface area contributed by atoms with Crippen molar-refractivity contribution in [2.45, 2.75) is 13.8 Å². The molecule has 0 saturated heterocycles. The number of carbonyl (C=O) groups is 1. The molecule has 23 heavy (non-hydrogen) atoms. The summed E-state index contributed by atoms with van der Waals surface area (Å²) in [6, 6.07) is 10.1. The lowest BCUT2D eigenvalue weighted by atomic mass is 10.1. The van der Waals surface area contributed by atoms with Gasteiger partial charge < -0.3 is 9.84 Å². The summed E-state index contributed by atoms with van der Waals surface area (Å²) in [5.74, 6) is -0.343. The number of hydrogen-bond donors (Lipinski definition) is 2. The Morgan fingerprint density at radius 1 is 1.26 bits per heavy atom. The first-order valence-corrected chi connectivity index (χ1v) is 7.07. The third kappa shape index (κ3) is 4.29. The molecule has 0 saturated carbocycles. The molecule has 5 nitrogen and oxygen atoms in total. The van der Waals surface area contributed by atoms with Crippen molar-refractivity contribution in [1.29, 1.82) is 0 Å². The molecule has 0 aliphatic heterocycles. The molecule has 2 aromatic rings. The van der Waals surface area contributed by atoms with Crippen molar-refractivity contribution in [3.63, 3.8) is 0 Å². The fourth-order valence-corrected chi connectivity index (χ4v) is 1.93. The van der Waals surface area contributed by atoms with Crippen LogP contribution in [0.3, 0.4) is 0 Å². The first-order valence-electron chi connectivity index (χ1n) is 7.07. The van der Waals surface area contributed by atoms with Crippen LogP contribution in [-0.4, -0.2) is 23.3 Å². The second-order valence-electron chi connectivity index (χ2n) is 4.76. The van der Waals surface area contributed by atoms with Gasteiger partial charge in [0.1, 0.15) is 17.3 Å². The Morgan fingerprint density at radius 3 is 2.61 bits per heavy atom. The fourth-order valence-electron chi connectivity index (χ4n) is 1.93. The minimum absolute atomic E-state index is 0.108. The molecule has 2 rings (SSSR count). The van der Waals surface area contributed by atoms with Gasteiger partial charge in [0, 0.05) is 11.1 Å². The van der Waals surface area contributed by atoms with Gasteiger partial charge >= 0.3 is 0 Å². The third-order valence-corrected chi connectivity index (χ3v) is 3.10. The van der Waals surface area contributed by atoms with Crippen LogP contribution in [0.5, 0.6) is 11.5 Å². The molecule has 0 aliphatic carbocycles. The van der Waals surface area contributed by atoms with E-state index < -0.39 is 11.7 Å². The number of rotatable bonds is 5. The van der Waals surface area contributed by atoms with E-state index >= 15 is 0 Å². The molecule has 0 bridgehead atoms. The lowest BCUT2D eigenvalue weighted by Gasteiger charge is -2.06. The summed E-state index contributed by atoms with van der Waals surface area (Å²) in [4.78, 5) is 12.0. The Morgan fingerprint density at radius 2 is 1.96 bits per heavy atom. The van der Waals surface area contributed by atoms with E-state index in [1.54, 1.807) is 31.2 Å². The van der Waals surface area contributed by atoms with Gasteiger partial charge in [0.2, 0.25) is 0 Å². The largest absolute Gasteiger partial charge is 0.507 e. The van der Waals surface area contributed by atoms with E-state index in [2.05, 4.69) is 10.5 Å². The molecule has 2 N–H and O–H groups in total. The number of nitrogens with zero attached hydrogens (tertiary/aromatic N) is 1. The maximum atomic E-state index is 13.2. The summed E-state index contributed by atoms with van der Waals surface area (Å²) in [6.07, 6.45) is 0. The van der Waals surface area contributed by atoms with Crippen LogP contribution in [0.1, 0.15) is 29.8 Å². The average Bonchev–Trinajstić information content (AvgIpc) is 2.55. The van der Waals surface area contributed by atoms with Gasteiger partial charge in [-0.15, -0.1) is 0 Å². The third-order valence-electron chi connectivity index (χ3n) is 3.10. The Hall–Kier alpha value is -2.89. The molecule has 0 spiro atoms. The predicted octanol–water partition coefficient (Wildman–Crippen LogP) is 3.08. The van der Waals surface area contributed by atoms with Crippen LogP contribution >= 0.6 is 0 Å². The summed E-state index contributed by atoms with van der Waals surface area (Å²) >= 11 is 0. The van der Waals surface area contributed by atoms with E-state index in [-0.39, 0.29) is 11.3 Å². The SMILES string of the molecule is CCOc1ccc(C(=O)N/N=C(\C)c2cc(F)ccc2O)cc1. The van der Waals surface area contributed by atoms with Crippen molar-refractivity contribution in [1.82, 2.24) is 5.43 Å². The quantitative estimate of drug-likeness (QED) is 0.658. The number of phenols is 1. The van der Waals surface area contributed by atoms with Crippen molar-refractivity contribution in [2.75, 3.05) is 6.61 Å². The zero-order valence-electron chi connectivity index (χ0n) is 12.8. The molecule has 1 amide bonds. The van der Waals surface area contributed by atoms with Crippen LogP contribution in [0.4, 0.5) is 4.39 Å². The van der Waals surface area contributed by atoms with Gasteiger partial charge in [0.15, 0.2) is 0 Å². The number of carbonyl (C=O) groups excluding carboxylic acids is 1. The number of benzene rings is 2. The van der Waals surface area contributed by atoms with Crippen molar-refractivity contribution >= 4 is 11.6 Å². The first kappa shape index (κ1) is 16.5. The Labute approximate surface area is 133 Å². The molecule has 0 heterocycles. The zero-order chi connectivity index (χ0) is 16.8. The second kappa shape index (κ2) is 7.40. The van der Waals surface area contributed by atoms with E-state index in [1.165, 1.54) is 6.07 Å². The predicted molar refractivity (Wildman–Crippen MR) is 85.4 cm³/mol. The Kier molecular flexibility index (Phi) is 5.30. The number of ether oxygens (including phenoxy) is 1. The van der Waals surface area contributed by atoms with E-state index in [1.807, 2.05) is 6.92 Å². The van der Waals surface area contributed by atoms with Gasteiger partial charge in [-0.2, -0.15) is 5.10 Å². The fraction of sp³-hybridized carbons (Fsp3) is 0.176. The standard InChI is InChI=1S/C17H17FN2O3/c1-3-23-14-7-4-12(5-8-14)17(22)20-19-11(2)15-10-13(18)6-9-16(15)21/h4-10,21H,3H2,1-2H3,(H,20,22)/b19-11+. The van der Waals surface area contributed by atoms with Crippen molar-refractivity contribution in [2.24, 2.45) is 5.10 Å². The van der Waals surface area contributed by atoms with Gasteiger partial charge in [0.05, 0.1) is 12.3 Å². The highest BCUT2D eigenvalue weighted by Crippen LogP contribution is 2.18. The molecule has 6 heteroatoms. The van der Waals surface area contributed by atoms with Gasteiger partial charge in [-0.1, -0.05) is 0 Å². The molecular weight excluding hydrogens is 299 g/mol. The van der Waals surface area contributed by atoms with E-state index in [0.717, 1.165) is 12.1 Å². The van der Waals surface area contributed by atoms with E-state index in [4.69, 9.17) is 4.74 Å². The number of hydrazone groups is 1. The second-order valence-corrected chi connectivity index (χ2v) is 4.76. The highest BCUT2D eigenvalue weighted by atomic mass is 19.1. The maximum absolute atomic E-state index is 13.2. The molecule has 0 unspecified atom stereocenters. The van der Waals surface area contributed by atoms with Crippen LogP contribution < -0.4 is 10.2 Å². The van der Waals surface area contributed by atoms with Gasteiger partial charge in [-0.3, -0.25) is 4.79 Å². The minimum atomic E-state index is -0.495. The molecular formula is C17H17FN2O3. The van der Waals surface area contributed by atoms with Crippen molar-refractivity contribution in [3.8, 4) is 11.5 Å². The van der Waals surface area contributed by atoms with Gasteiger partial charge in [0.25, 0.3) is 5.91 Å². The number of nitrogens with one attached hydrogen (secondary N) is 1. The number of amides is 1. The lowest BCUT2D eigenvalue weighted by Crippen LogP contribution is -2.19. The number of aromatic hydroxyl groups is 1. The van der Waals surface area contributed by atoms with Crippen LogP contribution in [0, 0.1) is 5.82 Å². The summed E-state index contributed by atoms with van der Waals surface area (Å²) in [5, 5.41) is 13.6. The summed E-state index contributed by atoms with van der Waals surface area (Å²) in [5.41, 5.74) is 3.29. The molecule has 120 valence electrons. The Bertz CT molecular complexity index is 727.